The van der Waals surface area contributed by atoms with Crippen molar-refractivity contribution < 1.29 is 4.74 Å². The highest BCUT2D eigenvalue weighted by atomic mass is 35.5. The molecule has 1 aromatic rings. The fraction of sp³-hybridized carbons (Fsp3) is 0.600. The second-order valence-corrected chi connectivity index (χ2v) is 5.47. The fourth-order valence-corrected chi connectivity index (χ4v) is 3.12. The van der Waals surface area contributed by atoms with E-state index in [9.17, 15) is 0 Å². The summed E-state index contributed by atoms with van der Waals surface area (Å²) in [6.45, 7) is 2.93. The molecule has 0 spiro atoms. The monoisotopic (exact) mass is 267 g/mol. The molecule has 0 aliphatic carbocycles. The van der Waals surface area contributed by atoms with Gasteiger partial charge in [0.25, 0.3) is 0 Å². The molecular weight excluding hydrogens is 246 g/mol. The molecule has 0 unspecified atom stereocenters. The quantitative estimate of drug-likeness (QED) is 0.908. The number of hydrogen-bond acceptors (Lipinski definition) is 2. The third kappa shape index (κ3) is 3.05. The summed E-state index contributed by atoms with van der Waals surface area (Å²) in [5, 5.41) is 3.65. The Morgan fingerprint density at radius 3 is 2.50 bits per heavy atom. The van der Waals surface area contributed by atoms with E-state index in [1.807, 2.05) is 0 Å². The van der Waals surface area contributed by atoms with Crippen molar-refractivity contribution in [1.82, 2.24) is 5.32 Å². The van der Waals surface area contributed by atoms with Gasteiger partial charge in [-0.2, -0.15) is 0 Å². The van der Waals surface area contributed by atoms with Crippen LogP contribution in [0.4, 0.5) is 0 Å². The lowest BCUT2D eigenvalue weighted by atomic mass is 10.0. The van der Waals surface area contributed by atoms with Crippen LogP contribution < -0.4 is 5.32 Å². The maximum absolute atomic E-state index is 6.09. The van der Waals surface area contributed by atoms with Gasteiger partial charge in [0.05, 0.1) is 12.7 Å². The molecule has 18 heavy (non-hydrogen) atoms. The largest absolute Gasteiger partial charge is 0.373 e. The first-order chi connectivity index (χ1) is 8.31. The number of ether oxygens (including phenoxy) is 1. The van der Waals surface area contributed by atoms with Crippen molar-refractivity contribution in [2.45, 2.75) is 57.4 Å². The smallest absolute Gasteiger partial charge is 0.0723 e. The van der Waals surface area contributed by atoms with Crippen LogP contribution >= 0.6 is 12.4 Å². The number of fused-ring (bicyclic) bond motifs is 2. The second-order valence-electron chi connectivity index (χ2n) is 5.47. The van der Waals surface area contributed by atoms with Crippen molar-refractivity contribution in [2.24, 2.45) is 0 Å². The second kappa shape index (κ2) is 6.05. The van der Waals surface area contributed by atoms with E-state index >= 15 is 0 Å². The van der Waals surface area contributed by atoms with E-state index in [1.165, 1.54) is 36.8 Å². The van der Waals surface area contributed by atoms with Gasteiger partial charge in [-0.25, -0.2) is 0 Å². The molecule has 2 fully saturated rings. The first kappa shape index (κ1) is 13.9. The van der Waals surface area contributed by atoms with Gasteiger partial charge in [-0.1, -0.05) is 24.3 Å². The van der Waals surface area contributed by atoms with Crippen LogP contribution in [0.2, 0.25) is 0 Å². The summed E-state index contributed by atoms with van der Waals surface area (Å²) >= 11 is 0. The lowest BCUT2D eigenvalue weighted by Crippen LogP contribution is -2.41. The van der Waals surface area contributed by atoms with Gasteiger partial charge >= 0.3 is 0 Å². The van der Waals surface area contributed by atoms with Crippen molar-refractivity contribution in [2.75, 3.05) is 0 Å². The zero-order valence-corrected chi connectivity index (χ0v) is 11.7. The SMILES string of the molecule is Cc1ccccc1CO[C@H]1C[C@H]2CC[C@@H](C1)N2.Cl. The Kier molecular flexibility index (Phi) is 4.66. The summed E-state index contributed by atoms with van der Waals surface area (Å²) in [5.41, 5.74) is 2.67. The topological polar surface area (TPSA) is 21.3 Å². The molecule has 2 bridgehead atoms. The predicted octanol–water partition coefficient (Wildman–Crippen LogP) is 3.22. The van der Waals surface area contributed by atoms with Crippen LogP contribution in [0.25, 0.3) is 0 Å². The van der Waals surface area contributed by atoms with Gasteiger partial charge < -0.3 is 10.1 Å². The highest BCUT2D eigenvalue weighted by molar-refractivity contribution is 5.85. The van der Waals surface area contributed by atoms with Crippen molar-refractivity contribution in [3.8, 4) is 0 Å². The summed E-state index contributed by atoms with van der Waals surface area (Å²) in [7, 11) is 0. The summed E-state index contributed by atoms with van der Waals surface area (Å²) in [4.78, 5) is 0. The van der Waals surface area contributed by atoms with Crippen LogP contribution in [0.15, 0.2) is 24.3 Å². The molecule has 0 radical (unpaired) electrons. The molecule has 2 aliphatic rings. The lowest BCUT2D eigenvalue weighted by molar-refractivity contribution is 0.00897. The molecule has 2 nitrogen and oxygen atoms in total. The van der Waals surface area contributed by atoms with Crippen molar-refractivity contribution in [3.05, 3.63) is 35.4 Å². The van der Waals surface area contributed by atoms with Crippen molar-refractivity contribution >= 4 is 12.4 Å². The standard InChI is InChI=1S/C15H21NO.ClH/c1-11-4-2-3-5-12(11)10-17-15-8-13-6-7-14(9-15)16-13;/h2-5,13-16H,6-10H2,1H3;1H/t13-,14+,15+;. The van der Waals surface area contributed by atoms with E-state index in [0.29, 0.717) is 6.10 Å². The normalized spacial score (nSPS) is 29.9. The summed E-state index contributed by atoms with van der Waals surface area (Å²) in [6.07, 6.45) is 5.54. The zero-order valence-electron chi connectivity index (χ0n) is 10.9. The molecule has 0 aromatic heterocycles. The zero-order chi connectivity index (χ0) is 11.7. The summed E-state index contributed by atoms with van der Waals surface area (Å²) in [6, 6.07) is 9.95. The van der Waals surface area contributed by atoms with Crippen LogP contribution in [-0.2, 0) is 11.3 Å². The number of piperidine rings is 1. The molecule has 1 aromatic carbocycles. The van der Waals surface area contributed by atoms with Gasteiger partial charge in [0, 0.05) is 12.1 Å². The maximum atomic E-state index is 6.09. The minimum absolute atomic E-state index is 0. The minimum Gasteiger partial charge on any atom is -0.373 e. The van der Waals surface area contributed by atoms with E-state index in [4.69, 9.17) is 4.74 Å². The van der Waals surface area contributed by atoms with E-state index in [-0.39, 0.29) is 12.4 Å². The number of halogens is 1. The van der Waals surface area contributed by atoms with Crippen LogP contribution in [0.5, 0.6) is 0 Å². The van der Waals surface area contributed by atoms with E-state index in [1.54, 1.807) is 0 Å². The van der Waals surface area contributed by atoms with Gasteiger partial charge in [-0.15, -0.1) is 12.4 Å². The van der Waals surface area contributed by atoms with Crippen LogP contribution in [-0.4, -0.2) is 18.2 Å². The number of aryl methyl sites for hydroxylation is 1. The number of hydrogen-bond donors (Lipinski definition) is 1. The molecule has 3 rings (SSSR count). The number of rotatable bonds is 3. The molecule has 0 saturated carbocycles. The Hall–Kier alpha value is -0.570. The molecule has 3 heteroatoms. The average Bonchev–Trinajstić information content (AvgIpc) is 2.68. The predicted molar refractivity (Wildman–Crippen MR) is 76.2 cm³/mol. The Labute approximate surface area is 116 Å². The highest BCUT2D eigenvalue weighted by Gasteiger charge is 2.33. The third-order valence-electron chi connectivity index (χ3n) is 4.17. The van der Waals surface area contributed by atoms with Crippen LogP contribution in [0.3, 0.4) is 0 Å². The third-order valence-corrected chi connectivity index (χ3v) is 4.17. The minimum atomic E-state index is 0. The van der Waals surface area contributed by atoms with Gasteiger partial charge in [0.15, 0.2) is 0 Å². The van der Waals surface area contributed by atoms with Gasteiger partial charge in [-0.3, -0.25) is 0 Å². The molecule has 100 valence electrons. The van der Waals surface area contributed by atoms with E-state index in [2.05, 4.69) is 36.5 Å². The van der Waals surface area contributed by atoms with Crippen molar-refractivity contribution in [3.63, 3.8) is 0 Å². The summed E-state index contributed by atoms with van der Waals surface area (Å²) < 4.78 is 6.09. The van der Waals surface area contributed by atoms with Gasteiger partial charge in [0.2, 0.25) is 0 Å². The van der Waals surface area contributed by atoms with E-state index < -0.39 is 0 Å². The van der Waals surface area contributed by atoms with Crippen LogP contribution in [0.1, 0.15) is 36.8 Å². The Balaban J connectivity index is 0.00000120. The van der Waals surface area contributed by atoms with E-state index in [0.717, 1.165) is 18.7 Å². The van der Waals surface area contributed by atoms with Crippen molar-refractivity contribution in [1.29, 1.82) is 0 Å². The molecule has 3 atom stereocenters. The first-order valence-electron chi connectivity index (χ1n) is 6.73. The van der Waals surface area contributed by atoms with Gasteiger partial charge in [0.1, 0.15) is 0 Å². The molecular formula is C15H22ClNO. The molecule has 1 N–H and O–H groups in total. The molecule has 2 saturated heterocycles. The first-order valence-corrected chi connectivity index (χ1v) is 6.73. The fourth-order valence-electron chi connectivity index (χ4n) is 3.12. The van der Waals surface area contributed by atoms with Crippen LogP contribution in [0, 0.1) is 6.92 Å². The highest BCUT2D eigenvalue weighted by Crippen LogP contribution is 2.29. The average molecular weight is 268 g/mol. The number of nitrogens with one attached hydrogen (secondary N) is 1. The van der Waals surface area contributed by atoms with Gasteiger partial charge in [-0.05, 0) is 43.7 Å². The number of benzene rings is 1. The molecule has 0 amide bonds. The molecule has 2 heterocycles. The summed E-state index contributed by atoms with van der Waals surface area (Å²) in [5.74, 6) is 0. The maximum Gasteiger partial charge on any atom is 0.0723 e. The lowest BCUT2D eigenvalue weighted by Gasteiger charge is -2.29. The molecule has 2 aliphatic heterocycles. The Morgan fingerprint density at radius 1 is 1.17 bits per heavy atom. The Morgan fingerprint density at radius 2 is 1.83 bits per heavy atom. The Bertz CT molecular complexity index is 384.